The number of nitrogens with one attached hydrogen (secondary N) is 2. The first-order valence-electron chi connectivity index (χ1n) is 11.4. The molecule has 2 saturated heterocycles. The number of hydrogen-bond donors (Lipinski definition) is 2. The lowest BCUT2D eigenvalue weighted by Crippen LogP contribution is -2.54. The van der Waals surface area contributed by atoms with Crippen molar-refractivity contribution in [2.75, 3.05) is 6.54 Å². The molecule has 0 saturated carbocycles. The predicted octanol–water partition coefficient (Wildman–Crippen LogP) is 1.33. The van der Waals surface area contributed by atoms with Gasteiger partial charge in [-0.1, -0.05) is 24.3 Å². The highest BCUT2D eigenvalue weighted by Gasteiger charge is 2.43. The van der Waals surface area contributed by atoms with Crippen LogP contribution in [0, 0.1) is 5.92 Å². The fraction of sp³-hybridized carbons (Fsp3) is 0.583. The standard InChI is InChI=1S/C24H32N4O4/c1-24(2,3)26-22(31)19-9-6-10-28(19)23(32)18-11-17(21(30)25-18)12-20(29)27-13-15-7-4-5-8-16(15)14-27/h4-5,7-8,17-19H,6,9-14H2,1-3H3,(H,25,30)(H,26,31)/t17-,18-,19-/m0/s1. The van der Waals surface area contributed by atoms with Crippen LogP contribution >= 0.6 is 0 Å². The monoisotopic (exact) mass is 440 g/mol. The molecular formula is C24H32N4O4. The molecular weight excluding hydrogens is 408 g/mol. The molecule has 0 bridgehead atoms. The summed E-state index contributed by atoms with van der Waals surface area (Å²) in [4.78, 5) is 54.5. The van der Waals surface area contributed by atoms with Crippen LogP contribution < -0.4 is 10.6 Å². The van der Waals surface area contributed by atoms with Crippen molar-refractivity contribution >= 4 is 23.6 Å². The second-order valence-corrected chi connectivity index (χ2v) is 10.1. The molecule has 8 nitrogen and oxygen atoms in total. The Hall–Kier alpha value is -2.90. The molecule has 32 heavy (non-hydrogen) atoms. The maximum Gasteiger partial charge on any atom is 0.245 e. The zero-order valence-electron chi connectivity index (χ0n) is 19.0. The Kier molecular flexibility index (Phi) is 5.97. The summed E-state index contributed by atoms with van der Waals surface area (Å²) in [6.07, 6.45) is 1.75. The first kappa shape index (κ1) is 22.3. The maximum atomic E-state index is 13.1. The van der Waals surface area contributed by atoms with E-state index in [2.05, 4.69) is 10.6 Å². The number of likely N-dealkylation sites (tertiary alicyclic amines) is 1. The van der Waals surface area contributed by atoms with E-state index in [0.717, 1.165) is 17.5 Å². The summed E-state index contributed by atoms with van der Waals surface area (Å²) in [5.74, 6) is -1.24. The number of carbonyl (C=O) groups is 4. The van der Waals surface area contributed by atoms with E-state index in [1.807, 2.05) is 45.0 Å². The summed E-state index contributed by atoms with van der Waals surface area (Å²) in [5.41, 5.74) is 1.90. The molecule has 2 N–H and O–H groups in total. The Labute approximate surface area is 188 Å². The minimum Gasteiger partial charge on any atom is -0.350 e. The van der Waals surface area contributed by atoms with E-state index < -0.39 is 18.0 Å². The van der Waals surface area contributed by atoms with Crippen LogP contribution in [0.5, 0.6) is 0 Å². The molecule has 3 aliphatic rings. The molecule has 3 heterocycles. The average molecular weight is 441 g/mol. The molecule has 1 aromatic rings. The second kappa shape index (κ2) is 8.56. The van der Waals surface area contributed by atoms with Crippen LogP contribution in [0.25, 0.3) is 0 Å². The van der Waals surface area contributed by atoms with Gasteiger partial charge < -0.3 is 20.4 Å². The molecule has 2 fully saturated rings. The van der Waals surface area contributed by atoms with Gasteiger partial charge in [0.25, 0.3) is 0 Å². The number of amides is 4. The minimum absolute atomic E-state index is 0.0712. The molecule has 0 aliphatic carbocycles. The quantitative estimate of drug-likeness (QED) is 0.738. The fourth-order valence-electron chi connectivity index (χ4n) is 4.88. The third-order valence-corrected chi connectivity index (χ3v) is 6.46. The Bertz CT molecular complexity index is 913. The smallest absolute Gasteiger partial charge is 0.245 e. The van der Waals surface area contributed by atoms with E-state index in [0.29, 0.717) is 26.1 Å². The number of benzene rings is 1. The zero-order chi connectivity index (χ0) is 23.0. The molecule has 1 aromatic carbocycles. The first-order valence-corrected chi connectivity index (χ1v) is 11.4. The maximum absolute atomic E-state index is 13.1. The van der Waals surface area contributed by atoms with Crippen LogP contribution in [0.1, 0.15) is 57.6 Å². The van der Waals surface area contributed by atoms with E-state index in [-0.39, 0.29) is 42.0 Å². The number of fused-ring (bicyclic) bond motifs is 1. The Balaban J connectivity index is 1.34. The highest BCUT2D eigenvalue weighted by molar-refractivity contribution is 5.96. The summed E-state index contributed by atoms with van der Waals surface area (Å²) in [5, 5.41) is 5.72. The lowest BCUT2D eigenvalue weighted by molar-refractivity contribution is -0.140. The van der Waals surface area contributed by atoms with E-state index in [9.17, 15) is 19.2 Å². The summed E-state index contributed by atoms with van der Waals surface area (Å²) in [6, 6.07) is 6.76. The van der Waals surface area contributed by atoms with Gasteiger partial charge >= 0.3 is 0 Å². The molecule has 0 aromatic heterocycles. The predicted molar refractivity (Wildman–Crippen MR) is 118 cm³/mol. The summed E-state index contributed by atoms with van der Waals surface area (Å²) in [7, 11) is 0. The van der Waals surface area contributed by atoms with Crippen molar-refractivity contribution in [3.8, 4) is 0 Å². The summed E-state index contributed by atoms with van der Waals surface area (Å²) < 4.78 is 0. The van der Waals surface area contributed by atoms with Crippen molar-refractivity contribution < 1.29 is 19.2 Å². The van der Waals surface area contributed by atoms with Crippen molar-refractivity contribution in [3.05, 3.63) is 35.4 Å². The molecule has 8 heteroatoms. The Morgan fingerprint density at radius 2 is 1.78 bits per heavy atom. The normalized spacial score (nSPS) is 25.0. The molecule has 4 rings (SSSR count). The van der Waals surface area contributed by atoms with Crippen LogP contribution in [0.15, 0.2) is 24.3 Å². The molecule has 4 amide bonds. The highest BCUT2D eigenvalue weighted by Crippen LogP contribution is 2.28. The van der Waals surface area contributed by atoms with Crippen LogP contribution in [0.2, 0.25) is 0 Å². The van der Waals surface area contributed by atoms with Crippen molar-refractivity contribution in [2.45, 2.75) is 77.2 Å². The Morgan fingerprint density at radius 1 is 1.12 bits per heavy atom. The van der Waals surface area contributed by atoms with Gasteiger partial charge in [-0.05, 0) is 51.2 Å². The van der Waals surface area contributed by atoms with Gasteiger partial charge in [0, 0.05) is 37.5 Å². The van der Waals surface area contributed by atoms with Gasteiger partial charge in [0.2, 0.25) is 23.6 Å². The van der Waals surface area contributed by atoms with E-state index >= 15 is 0 Å². The van der Waals surface area contributed by atoms with Crippen LogP contribution in [0.3, 0.4) is 0 Å². The van der Waals surface area contributed by atoms with Gasteiger partial charge in [-0.2, -0.15) is 0 Å². The van der Waals surface area contributed by atoms with Gasteiger partial charge in [-0.15, -0.1) is 0 Å². The van der Waals surface area contributed by atoms with Gasteiger partial charge in [0.05, 0.1) is 0 Å². The SMILES string of the molecule is CC(C)(C)NC(=O)[C@@H]1CCCN1C(=O)[C@@H]1C[C@@H](CC(=O)N2Cc3ccccc3C2)C(=O)N1. The zero-order valence-corrected chi connectivity index (χ0v) is 19.0. The van der Waals surface area contributed by atoms with Gasteiger partial charge in [0.15, 0.2) is 0 Å². The second-order valence-electron chi connectivity index (χ2n) is 10.1. The lowest BCUT2D eigenvalue weighted by Gasteiger charge is -2.29. The molecule has 3 atom stereocenters. The summed E-state index contributed by atoms with van der Waals surface area (Å²) in [6.45, 7) is 7.34. The number of carbonyl (C=O) groups excluding carboxylic acids is 4. The van der Waals surface area contributed by atoms with Crippen molar-refractivity contribution in [2.24, 2.45) is 5.92 Å². The molecule has 3 aliphatic heterocycles. The highest BCUT2D eigenvalue weighted by atomic mass is 16.2. The van der Waals surface area contributed by atoms with Crippen LogP contribution in [-0.2, 0) is 32.3 Å². The fourth-order valence-corrected chi connectivity index (χ4v) is 4.88. The molecule has 172 valence electrons. The number of hydrogen-bond acceptors (Lipinski definition) is 4. The molecule has 0 radical (unpaired) electrons. The van der Waals surface area contributed by atoms with Gasteiger partial charge in [0.1, 0.15) is 12.1 Å². The van der Waals surface area contributed by atoms with Gasteiger partial charge in [-0.3, -0.25) is 19.2 Å². The third-order valence-electron chi connectivity index (χ3n) is 6.46. The molecule has 0 spiro atoms. The van der Waals surface area contributed by atoms with Crippen molar-refractivity contribution in [1.82, 2.24) is 20.4 Å². The van der Waals surface area contributed by atoms with Gasteiger partial charge in [-0.25, -0.2) is 0 Å². The summed E-state index contributed by atoms with van der Waals surface area (Å²) >= 11 is 0. The van der Waals surface area contributed by atoms with Crippen LogP contribution in [-0.4, -0.2) is 57.6 Å². The van der Waals surface area contributed by atoms with E-state index in [1.54, 1.807) is 9.80 Å². The minimum atomic E-state index is -0.681. The molecule has 0 unspecified atom stereocenters. The largest absolute Gasteiger partial charge is 0.350 e. The van der Waals surface area contributed by atoms with Crippen molar-refractivity contribution in [3.63, 3.8) is 0 Å². The van der Waals surface area contributed by atoms with Crippen LogP contribution in [0.4, 0.5) is 0 Å². The first-order chi connectivity index (χ1) is 15.1. The number of nitrogens with zero attached hydrogens (tertiary/aromatic N) is 2. The van der Waals surface area contributed by atoms with Crippen molar-refractivity contribution in [1.29, 1.82) is 0 Å². The van der Waals surface area contributed by atoms with E-state index in [4.69, 9.17) is 0 Å². The number of rotatable bonds is 4. The lowest BCUT2D eigenvalue weighted by atomic mass is 9.99. The average Bonchev–Trinajstić information content (AvgIpc) is 3.44. The van der Waals surface area contributed by atoms with E-state index in [1.165, 1.54) is 0 Å². The topological polar surface area (TPSA) is 98.8 Å². The Morgan fingerprint density at radius 3 is 2.41 bits per heavy atom. The third kappa shape index (κ3) is 4.64.